The van der Waals surface area contributed by atoms with Crippen molar-refractivity contribution in [1.82, 2.24) is 0 Å². The summed E-state index contributed by atoms with van der Waals surface area (Å²) in [6.45, 7) is 3.14. The van der Waals surface area contributed by atoms with Gasteiger partial charge in [0, 0.05) is 0 Å². The van der Waals surface area contributed by atoms with E-state index in [-0.39, 0.29) is 0 Å². The molecule has 0 saturated carbocycles. The SMILES string of the molecule is C=C/C=C(\[O-])C(=O)O. The van der Waals surface area contributed by atoms with Crippen LogP contribution in [0.5, 0.6) is 0 Å². The fourth-order valence-electron chi connectivity index (χ4n) is 0.178. The first-order valence-electron chi connectivity index (χ1n) is 1.91. The van der Waals surface area contributed by atoms with E-state index in [0.717, 1.165) is 12.2 Å². The van der Waals surface area contributed by atoms with Crippen molar-refractivity contribution in [3.63, 3.8) is 0 Å². The van der Waals surface area contributed by atoms with Gasteiger partial charge in [-0.25, -0.2) is 4.79 Å². The number of carbonyl (C=O) groups is 1. The smallest absolute Gasteiger partial charge is 0.320 e. The molecule has 0 amide bonds. The Bertz CT molecular complexity index is 135. The zero-order valence-electron chi connectivity index (χ0n) is 4.13. The van der Waals surface area contributed by atoms with Crippen LogP contribution in [0.3, 0.4) is 0 Å². The van der Waals surface area contributed by atoms with Crippen LogP contribution in [0.25, 0.3) is 0 Å². The zero-order valence-corrected chi connectivity index (χ0v) is 4.13. The molecule has 1 N–H and O–H groups in total. The first-order valence-corrected chi connectivity index (χ1v) is 1.91. The monoisotopic (exact) mass is 113 g/mol. The van der Waals surface area contributed by atoms with E-state index in [9.17, 15) is 9.90 Å². The zero-order chi connectivity index (χ0) is 6.57. The molecule has 0 aliphatic rings. The minimum atomic E-state index is -1.45. The van der Waals surface area contributed by atoms with Crippen LogP contribution in [-0.2, 0) is 4.79 Å². The van der Waals surface area contributed by atoms with Crippen LogP contribution >= 0.6 is 0 Å². The average molecular weight is 113 g/mol. The maximum absolute atomic E-state index is 10.0. The fraction of sp³-hybridized carbons (Fsp3) is 0. The first-order chi connectivity index (χ1) is 3.68. The molecule has 0 aromatic heterocycles. The summed E-state index contributed by atoms with van der Waals surface area (Å²) in [5, 5.41) is 17.9. The molecule has 0 unspecified atom stereocenters. The second-order valence-electron chi connectivity index (χ2n) is 1.07. The maximum atomic E-state index is 10.0. The summed E-state index contributed by atoms with van der Waals surface area (Å²) in [5.41, 5.74) is 0. The molecule has 0 saturated heterocycles. The highest BCUT2D eigenvalue weighted by atomic mass is 16.4. The van der Waals surface area contributed by atoms with E-state index in [0.29, 0.717) is 0 Å². The van der Waals surface area contributed by atoms with Gasteiger partial charge in [-0.05, 0) is 5.76 Å². The van der Waals surface area contributed by atoms with Gasteiger partial charge in [0.2, 0.25) is 0 Å². The van der Waals surface area contributed by atoms with Crippen LogP contribution in [0.2, 0.25) is 0 Å². The minimum Gasteiger partial charge on any atom is -0.868 e. The van der Waals surface area contributed by atoms with E-state index in [1.54, 1.807) is 0 Å². The Morgan fingerprint density at radius 2 is 2.25 bits per heavy atom. The number of hydrogen-bond acceptors (Lipinski definition) is 2. The van der Waals surface area contributed by atoms with Gasteiger partial charge in [0.05, 0.1) is 0 Å². The Kier molecular flexibility index (Phi) is 2.40. The summed E-state index contributed by atoms with van der Waals surface area (Å²) in [4.78, 5) is 9.66. The van der Waals surface area contributed by atoms with E-state index in [4.69, 9.17) is 5.11 Å². The Morgan fingerprint density at radius 3 is 2.38 bits per heavy atom. The lowest BCUT2D eigenvalue weighted by Crippen LogP contribution is -2.13. The van der Waals surface area contributed by atoms with Gasteiger partial charge in [-0.3, -0.25) is 0 Å². The first kappa shape index (κ1) is 6.75. The third kappa shape index (κ3) is 2.02. The van der Waals surface area contributed by atoms with Crippen molar-refractivity contribution in [3.8, 4) is 0 Å². The average Bonchev–Trinajstić information content (AvgIpc) is 1.67. The molecule has 3 nitrogen and oxygen atoms in total. The van der Waals surface area contributed by atoms with Crippen LogP contribution in [0, 0.1) is 0 Å². The van der Waals surface area contributed by atoms with Gasteiger partial charge < -0.3 is 10.2 Å². The van der Waals surface area contributed by atoms with Crippen LogP contribution in [-0.4, -0.2) is 11.1 Å². The van der Waals surface area contributed by atoms with E-state index in [1.807, 2.05) is 0 Å². The molecule has 44 valence electrons. The Balaban J connectivity index is 3.99. The molecular weight excluding hydrogens is 108 g/mol. The highest BCUT2D eigenvalue weighted by Gasteiger charge is 1.86. The van der Waals surface area contributed by atoms with Gasteiger partial charge in [-0.1, -0.05) is 18.7 Å². The van der Waals surface area contributed by atoms with Crippen LogP contribution in [0.15, 0.2) is 24.5 Å². The van der Waals surface area contributed by atoms with E-state index < -0.39 is 11.7 Å². The Morgan fingerprint density at radius 1 is 1.75 bits per heavy atom. The lowest BCUT2D eigenvalue weighted by atomic mass is 10.4. The third-order valence-corrected chi connectivity index (χ3v) is 0.480. The van der Waals surface area contributed by atoms with Gasteiger partial charge in [-0.2, -0.15) is 0 Å². The quantitative estimate of drug-likeness (QED) is 0.298. The molecule has 3 heteroatoms. The summed E-state index contributed by atoms with van der Waals surface area (Å²) in [7, 11) is 0. The van der Waals surface area contributed by atoms with E-state index in [1.165, 1.54) is 0 Å². The van der Waals surface area contributed by atoms with Crippen LogP contribution in [0.1, 0.15) is 0 Å². The Labute approximate surface area is 46.6 Å². The molecule has 0 aliphatic heterocycles. The second-order valence-corrected chi connectivity index (χ2v) is 1.07. The van der Waals surface area contributed by atoms with Crippen molar-refractivity contribution in [2.75, 3.05) is 0 Å². The number of carboxylic acid groups (broad SMARTS) is 1. The lowest BCUT2D eigenvalue weighted by molar-refractivity contribution is -0.302. The molecular formula is C5H5O3-. The molecule has 0 atom stereocenters. The molecule has 0 spiro atoms. The van der Waals surface area contributed by atoms with Crippen molar-refractivity contribution in [2.24, 2.45) is 0 Å². The van der Waals surface area contributed by atoms with Gasteiger partial charge in [0.1, 0.15) is 0 Å². The summed E-state index contributed by atoms with van der Waals surface area (Å²) < 4.78 is 0. The van der Waals surface area contributed by atoms with Crippen LogP contribution in [0.4, 0.5) is 0 Å². The Hall–Kier alpha value is -1.25. The molecule has 8 heavy (non-hydrogen) atoms. The third-order valence-electron chi connectivity index (χ3n) is 0.480. The molecule has 0 heterocycles. The van der Waals surface area contributed by atoms with Gasteiger partial charge >= 0.3 is 5.97 Å². The van der Waals surface area contributed by atoms with Crippen molar-refractivity contribution in [2.45, 2.75) is 0 Å². The van der Waals surface area contributed by atoms with Gasteiger partial charge in [-0.15, -0.1) is 0 Å². The highest BCUT2D eigenvalue weighted by molar-refractivity contribution is 5.83. The molecule has 0 rings (SSSR count). The number of aliphatic carboxylic acids is 1. The molecule has 0 bridgehead atoms. The topological polar surface area (TPSA) is 60.4 Å². The number of hydrogen-bond donors (Lipinski definition) is 1. The summed E-state index contributed by atoms with van der Waals surface area (Å²) in [6, 6.07) is 0. The number of carboxylic acids is 1. The molecule has 0 fully saturated rings. The van der Waals surface area contributed by atoms with Crippen LogP contribution < -0.4 is 5.11 Å². The molecule has 0 aromatic carbocycles. The fourth-order valence-corrected chi connectivity index (χ4v) is 0.178. The van der Waals surface area contributed by atoms with E-state index in [2.05, 4.69) is 6.58 Å². The van der Waals surface area contributed by atoms with Gasteiger partial charge in [0.15, 0.2) is 0 Å². The van der Waals surface area contributed by atoms with Crippen molar-refractivity contribution < 1.29 is 15.0 Å². The predicted molar refractivity (Wildman–Crippen MR) is 25.9 cm³/mol. The standard InChI is InChI=1S/C5H6O3/c1-2-3-4(6)5(7)8/h2-3,6H,1H2,(H,7,8)/p-1/b4-3-. The van der Waals surface area contributed by atoms with Gasteiger partial charge in [0.25, 0.3) is 0 Å². The highest BCUT2D eigenvalue weighted by Crippen LogP contribution is 1.80. The largest absolute Gasteiger partial charge is 0.868 e. The minimum absolute atomic E-state index is 0.891. The number of rotatable bonds is 2. The molecule has 0 aromatic rings. The summed E-state index contributed by atoms with van der Waals surface area (Å²) in [6.07, 6.45) is 2.03. The van der Waals surface area contributed by atoms with Crippen molar-refractivity contribution in [1.29, 1.82) is 0 Å². The number of allylic oxidation sites excluding steroid dienone is 2. The molecule has 0 aliphatic carbocycles. The summed E-state index contributed by atoms with van der Waals surface area (Å²) >= 11 is 0. The maximum Gasteiger partial charge on any atom is 0.320 e. The predicted octanol–water partition coefficient (Wildman–Crippen LogP) is -0.499. The summed E-state index contributed by atoms with van der Waals surface area (Å²) in [5.74, 6) is -2.40. The van der Waals surface area contributed by atoms with Crippen molar-refractivity contribution in [3.05, 3.63) is 24.5 Å². The van der Waals surface area contributed by atoms with Crippen molar-refractivity contribution >= 4 is 5.97 Å². The molecule has 0 radical (unpaired) electrons. The second kappa shape index (κ2) is 2.85. The van der Waals surface area contributed by atoms with E-state index >= 15 is 0 Å². The normalized spacial score (nSPS) is 10.8. The lowest BCUT2D eigenvalue weighted by Gasteiger charge is -2.00.